The van der Waals surface area contributed by atoms with Gasteiger partial charge in [-0.2, -0.15) is 0 Å². The number of methoxy groups -OCH3 is 1. The average Bonchev–Trinajstić information content (AvgIpc) is 3.45. The van der Waals surface area contributed by atoms with Crippen molar-refractivity contribution in [2.45, 2.75) is 45.5 Å². The fourth-order valence-electron chi connectivity index (χ4n) is 4.25. The molecule has 3 aliphatic heterocycles. The normalized spacial score (nSPS) is 22.1. The van der Waals surface area contributed by atoms with E-state index in [0.717, 1.165) is 17.8 Å². The zero-order valence-corrected chi connectivity index (χ0v) is 19.4. The number of esters is 1. The van der Waals surface area contributed by atoms with Gasteiger partial charge in [-0.25, -0.2) is 4.79 Å². The van der Waals surface area contributed by atoms with Crippen LogP contribution in [0.1, 0.15) is 37.5 Å². The first-order valence-electron chi connectivity index (χ1n) is 11.1. The van der Waals surface area contributed by atoms with Gasteiger partial charge in [-0.3, -0.25) is 4.90 Å². The molecule has 3 aliphatic rings. The Hall–Kier alpha value is -3.01. The SMILES string of the molecule is CCOC(=O)C1=CC(=CC[NH+]2C=CNC2)c2c(OC)c3c(c(CO)c2O1)OC(C(C)(C)O)C3. The van der Waals surface area contributed by atoms with Crippen LogP contribution in [0, 0.1) is 0 Å². The van der Waals surface area contributed by atoms with Gasteiger partial charge in [0.05, 0.1) is 43.3 Å². The van der Waals surface area contributed by atoms with Crippen molar-refractivity contribution in [2.24, 2.45) is 0 Å². The van der Waals surface area contributed by atoms with Crippen molar-refractivity contribution < 1.29 is 38.9 Å². The largest absolute Gasteiger partial charge is 0.496 e. The van der Waals surface area contributed by atoms with E-state index in [1.807, 2.05) is 18.5 Å². The Balaban J connectivity index is 1.87. The molecule has 9 heteroatoms. The van der Waals surface area contributed by atoms with Crippen LogP contribution in [0.15, 0.2) is 30.3 Å². The third-order valence-corrected chi connectivity index (χ3v) is 5.96. The van der Waals surface area contributed by atoms with Crippen molar-refractivity contribution in [1.29, 1.82) is 0 Å². The van der Waals surface area contributed by atoms with Crippen LogP contribution in [0.3, 0.4) is 0 Å². The number of hydrogen-bond acceptors (Lipinski definition) is 8. The van der Waals surface area contributed by atoms with Crippen LogP contribution in [-0.2, 0) is 22.6 Å². The number of allylic oxidation sites excluding steroid dienone is 2. The van der Waals surface area contributed by atoms with Gasteiger partial charge >= 0.3 is 5.97 Å². The van der Waals surface area contributed by atoms with E-state index in [4.69, 9.17) is 18.9 Å². The zero-order valence-electron chi connectivity index (χ0n) is 19.4. The number of nitrogens with one attached hydrogen (secondary N) is 2. The third kappa shape index (κ3) is 4.31. The summed E-state index contributed by atoms with van der Waals surface area (Å²) in [4.78, 5) is 13.7. The average molecular weight is 460 g/mol. The molecule has 0 saturated heterocycles. The summed E-state index contributed by atoms with van der Waals surface area (Å²) in [6.45, 7) is 6.32. The van der Waals surface area contributed by atoms with E-state index in [1.165, 1.54) is 4.90 Å². The van der Waals surface area contributed by atoms with Gasteiger partial charge in [0.15, 0.2) is 6.67 Å². The van der Waals surface area contributed by atoms with Gasteiger partial charge in [-0.1, -0.05) is 0 Å². The van der Waals surface area contributed by atoms with Crippen molar-refractivity contribution in [3.63, 3.8) is 0 Å². The molecule has 0 fully saturated rings. The molecule has 33 heavy (non-hydrogen) atoms. The first-order chi connectivity index (χ1) is 15.8. The summed E-state index contributed by atoms with van der Waals surface area (Å²) in [7, 11) is 1.56. The molecule has 1 aromatic carbocycles. The third-order valence-electron chi connectivity index (χ3n) is 5.96. The zero-order chi connectivity index (χ0) is 23.8. The summed E-state index contributed by atoms with van der Waals surface area (Å²) in [5.74, 6) is 0.685. The van der Waals surface area contributed by atoms with E-state index in [1.54, 1.807) is 34.0 Å². The van der Waals surface area contributed by atoms with E-state index in [9.17, 15) is 15.0 Å². The molecule has 0 bridgehead atoms. The predicted octanol–water partition coefficient (Wildman–Crippen LogP) is 0.402. The van der Waals surface area contributed by atoms with Gasteiger partial charge in [0, 0.05) is 12.0 Å². The second-order valence-corrected chi connectivity index (χ2v) is 8.71. The number of ether oxygens (including phenoxy) is 4. The summed E-state index contributed by atoms with van der Waals surface area (Å²) in [5, 5.41) is 24.0. The first kappa shape index (κ1) is 23.2. The minimum Gasteiger partial charge on any atom is -0.496 e. The van der Waals surface area contributed by atoms with Crippen molar-refractivity contribution in [3.05, 3.63) is 47.0 Å². The Kier molecular flexibility index (Phi) is 6.38. The number of aliphatic hydroxyl groups excluding tert-OH is 1. The number of fused-ring (bicyclic) bond motifs is 2. The Morgan fingerprint density at radius 3 is 2.79 bits per heavy atom. The fraction of sp³-hybridized carbons (Fsp3) is 0.458. The molecule has 0 saturated carbocycles. The van der Waals surface area contributed by atoms with Gasteiger partial charge in [-0.05, 0) is 38.5 Å². The molecule has 178 valence electrons. The van der Waals surface area contributed by atoms with Crippen LogP contribution < -0.4 is 24.4 Å². The highest BCUT2D eigenvalue weighted by atomic mass is 16.6. The van der Waals surface area contributed by atoms with Crippen molar-refractivity contribution in [1.82, 2.24) is 5.32 Å². The topological polar surface area (TPSA) is 111 Å². The van der Waals surface area contributed by atoms with E-state index >= 15 is 0 Å². The number of aliphatic hydroxyl groups is 2. The van der Waals surface area contributed by atoms with Crippen molar-refractivity contribution >= 4 is 11.5 Å². The molecule has 0 aliphatic carbocycles. The molecule has 1 aromatic rings. The number of carbonyl (C=O) groups is 1. The van der Waals surface area contributed by atoms with Gasteiger partial charge in [-0.15, -0.1) is 0 Å². The lowest BCUT2D eigenvalue weighted by Gasteiger charge is -2.26. The van der Waals surface area contributed by atoms with E-state index < -0.39 is 17.7 Å². The fourth-order valence-corrected chi connectivity index (χ4v) is 4.25. The molecule has 2 unspecified atom stereocenters. The number of quaternary nitrogens is 1. The molecule has 0 spiro atoms. The number of rotatable bonds is 7. The smallest absolute Gasteiger partial charge is 0.374 e. The monoisotopic (exact) mass is 459 g/mol. The Labute approximate surface area is 192 Å². The maximum atomic E-state index is 12.6. The molecular formula is C24H31N2O7+. The minimum atomic E-state index is -1.11. The molecule has 4 N–H and O–H groups in total. The second kappa shape index (κ2) is 9.09. The Bertz CT molecular complexity index is 1040. The summed E-state index contributed by atoms with van der Waals surface area (Å²) in [5.41, 5.74) is 1.43. The van der Waals surface area contributed by atoms with Crippen molar-refractivity contribution in [2.75, 3.05) is 26.9 Å². The van der Waals surface area contributed by atoms with Crippen LogP contribution >= 0.6 is 0 Å². The van der Waals surface area contributed by atoms with Crippen LogP contribution in [-0.4, -0.2) is 54.8 Å². The lowest BCUT2D eigenvalue weighted by Crippen LogP contribution is -3.07. The van der Waals surface area contributed by atoms with E-state index in [0.29, 0.717) is 41.3 Å². The van der Waals surface area contributed by atoms with Gasteiger partial charge in [0.1, 0.15) is 36.1 Å². The van der Waals surface area contributed by atoms with Gasteiger partial charge in [0.2, 0.25) is 5.76 Å². The van der Waals surface area contributed by atoms with Crippen LogP contribution in [0.5, 0.6) is 17.2 Å². The summed E-state index contributed by atoms with van der Waals surface area (Å²) < 4.78 is 23.0. The highest BCUT2D eigenvalue weighted by Gasteiger charge is 2.42. The molecule has 0 aromatic heterocycles. The van der Waals surface area contributed by atoms with E-state index in [-0.39, 0.29) is 19.0 Å². The number of hydrogen-bond donors (Lipinski definition) is 4. The molecule has 3 heterocycles. The highest BCUT2D eigenvalue weighted by molar-refractivity contribution is 5.96. The van der Waals surface area contributed by atoms with Crippen LogP contribution in [0.2, 0.25) is 0 Å². The lowest BCUT2D eigenvalue weighted by molar-refractivity contribution is -0.836. The molecule has 9 nitrogen and oxygen atoms in total. The lowest BCUT2D eigenvalue weighted by atomic mass is 9.90. The summed E-state index contributed by atoms with van der Waals surface area (Å²) in [6.07, 6.45) is 7.46. The summed E-state index contributed by atoms with van der Waals surface area (Å²) >= 11 is 0. The standard InChI is InChI=1S/C24H30N2O7/c1-5-31-23(28)17-10-14(6-8-26-9-7-25-13-26)19-21(30-4)15-11-18(24(2,3)29)33-20(15)16(12-27)22(19)32-17/h6-7,9-10,18,25,27,29H,5,8,11-13H2,1-4H3/p+1. The Morgan fingerprint density at radius 2 is 2.18 bits per heavy atom. The molecule has 2 atom stereocenters. The maximum Gasteiger partial charge on any atom is 0.374 e. The van der Waals surface area contributed by atoms with E-state index in [2.05, 4.69) is 5.32 Å². The predicted molar refractivity (Wildman–Crippen MR) is 120 cm³/mol. The quantitative estimate of drug-likeness (QED) is 0.434. The molecule has 0 amide bonds. The van der Waals surface area contributed by atoms with Crippen molar-refractivity contribution in [3.8, 4) is 17.2 Å². The first-order valence-corrected chi connectivity index (χ1v) is 11.1. The number of carbonyl (C=O) groups excluding carboxylic acids is 1. The number of benzene rings is 1. The summed E-state index contributed by atoms with van der Waals surface area (Å²) in [6, 6.07) is 0. The molecule has 4 rings (SSSR count). The molecule has 0 radical (unpaired) electrons. The molecular weight excluding hydrogens is 428 g/mol. The van der Waals surface area contributed by atoms with Crippen LogP contribution in [0.4, 0.5) is 0 Å². The minimum absolute atomic E-state index is 0.0226. The second-order valence-electron chi connectivity index (χ2n) is 8.71. The van der Waals surface area contributed by atoms with Crippen LogP contribution in [0.25, 0.3) is 5.57 Å². The van der Waals surface area contributed by atoms with Gasteiger partial charge in [0.25, 0.3) is 0 Å². The maximum absolute atomic E-state index is 12.6. The van der Waals surface area contributed by atoms with Gasteiger partial charge < -0.3 is 34.5 Å². The highest BCUT2D eigenvalue weighted by Crippen LogP contribution is 2.53. The Morgan fingerprint density at radius 1 is 1.39 bits per heavy atom.